The molecular formula is C15H12ClN3. The van der Waals surface area contributed by atoms with Gasteiger partial charge >= 0.3 is 0 Å². The van der Waals surface area contributed by atoms with E-state index in [-0.39, 0.29) is 0 Å². The van der Waals surface area contributed by atoms with Gasteiger partial charge in [0, 0.05) is 22.3 Å². The molecule has 4 heteroatoms. The quantitative estimate of drug-likeness (QED) is 0.685. The minimum absolute atomic E-state index is 0.677. The van der Waals surface area contributed by atoms with Gasteiger partial charge in [-0.1, -0.05) is 23.7 Å². The minimum Gasteiger partial charge on any atom is -0.397 e. The third-order valence-corrected chi connectivity index (χ3v) is 3.17. The first-order valence-electron chi connectivity index (χ1n) is 5.90. The maximum atomic E-state index is 5.98. The third kappa shape index (κ3) is 2.33. The maximum absolute atomic E-state index is 5.98. The van der Waals surface area contributed by atoms with E-state index in [0.29, 0.717) is 10.7 Å². The number of nitrogens with one attached hydrogen (secondary N) is 1. The predicted octanol–water partition coefficient (Wildman–Crippen LogP) is 4.21. The number of nitrogen functional groups attached to an aromatic ring is 1. The summed E-state index contributed by atoms with van der Waals surface area (Å²) in [5.74, 6) is 0. The van der Waals surface area contributed by atoms with E-state index < -0.39 is 0 Å². The molecule has 0 fully saturated rings. The second kappa shape index (κ2) is 4.78. The highest BCUT2D eigenvalue weighted by atomic mass is 35.5. The fourth-order valence-corrected chi connectivity index (χ4v) is 2.15. The van der Waals surface area contributed by atoms with Crippen LogP contribution in [0.2, 0.25) is 5.02 Å². The monoisotopic (exact) mass is 269 g/mol. The number of pyridine rings is 1. The van der Waals surface area contributed by atoms with E-state index in [0.717, 1.165) is 22.3 Å². The summed E-state index contributed by atoms with van der Waals surface area (Å²) < 4.78 is 0. The Balaban J connectivity index is 2.09. The zero-order valence-corrected chi connectivity index (χ0v) is 10.9. The molecule has 0 aliphatic rings. The van der Waals surface area contributed by atoms with Crippen LogP contribution in [-0.4, -0.2) is 4.98 Å². The van der Waals surface area contributed by atoms with Gasteiger partial charge in [-0.05, 0) is 36.4 Å². The zero-order valence-electron chi connectivity index (χ0n) is 10.1. The number of benzene rings is 2. The molecule has 19 heavy (non-hydrogen) atoms. The first-order chi connectivity index (χ1) is 9.24. The summed E-state index contributed by atoms with van der Waals surface area (Å²) in [4.78, 5) is 4.31. The molecule has 1 heterocycles. The van der Waals surface area contributed by atoms with Crippen LogP contribution in [0.25, 0.3) is 10.9 Å². The number of para-hydroxylation sites is 2. The second-order valence-electron chi connectivity index (χ2n) is 4.23. The van der Waals surface area contributed by atoms with Gasteiger partial charge in [-0.3, -0.25) is 4.98 Å². The van der Waals surface area contributed by atoms with Gasteiger partial charge in [-0.15, -0.1) is 0 Å². The first-order valence-corrected chi connectivity index (χ1v) is 6.27. The highest BCUT2D eigenvalue weighted by Crippen LogP contribution is 2.29. The third-order valence-electron chi connectivity index (χ3n) is 2.93. The van der Waals surface area contributed by atoms with Crippen LogP contribution in [0.3, 0.4) is 0 Å². The molecule has 0 unspecified atom stereocenters. The van der Waals surface area contributed by atoms with Crippen molar-refractivity contribution in [2.24, 2.45) is 0 Å². The number of hydrogen-bond donors (Lipinski definition) is 2. The number of fused-ring (bicyclic) bond motifs is 1. The van der Waals surface area contributed by atoms with Gasteiger partial charge in [0.05, 0.1) is 16.9 Å². The summed E-state index contributed by atoms with van der Waals surface area (Å²) in [6, 6.07) is 15.2. The summed E-state index contributed by atoms with van der Waals surface area (Å²) in [5.41, 5.74) is 9.34. The molecule has 3 nitrogen and oxygen atoms in total. The number of anilines is 3. The van der Waals surface area contributed by atoms with Gasteiger partial charge in [0.1, 0.15) is 0 Å². The van der Waals surface area contributed by atoms with Crippen molar-refractivity contribution in [2.45, 2.75) is 0 Å². The van der Waals surface area contributed by atoms with Crippen LogP contribution in [0.1, 0.15) is 0 Å². The lowest BCUT2D eigenvalue weighted by Gasteiger charge is -2.11. The van der Waals surface area contributed by atoms with E-state index in [1.54, 1.807) is 6.20 Å². The van der Waals surface area contributed by atoms with Crippen LogP contribution in [0.5, 0.6) is 0 Å². The molecule has 3 rings (SSSR count). The van der Waals surface area contributed by atoms with Gasteiger partial charge in [0.2, 0.25) is 0 Å². The number of aromatic nitrogens is 1. The van der Waals surface area contributed by atoms with Crippen molar-refractivity contribution in [2.75, 3.05) is 11.1 Å². The van der Waals surface area contributed by atoms with Gasteiger partial charge in [0.25, 0.3) is 0 Å². The lowest BCUT2D eigenvalue weighted by atomic mass is 10.1. The Morgan fingerprint density at radius 1 is 1.00 bits per heavy atom. The van der Waals surface area contributed by atoms with Gasteiger partial charge < -0.3 is 11.1 Å². The van der Waals surface area contributed by atoms with Crippen LogP contribution in [0, 0.1) is 0 Å². The highest BCUT2D eigenvalue weighted by molar-refractivity contribution is 6.31. The minimum atomic E-state index is 0.677. The van der Waals surface area contributed by atoms with E-state index in [9.17, 15) is 0 Å². The van der Waals surface area contributed by atoms with Crippen molar-refractivity contribution < 1.29 is 0 Å². The Labute approximate surface area is 116 Å². The van der Waals surface area contributed by atoms with Gasteiger partial charge in [0.15, 0.2) is 0 Å². The molecule has 0 radical (unpaired) electrons. The largest absolute Gasteiger partial charge is 0.397 e. The van der Waals surface area contributed by atoms with E-state index in [2.05, 4.69) is 10.3 Å². The van der Waals surface area contributed by atoms with E-state index in [1.807, 2.05) is 48.5 Å². The Bertz CT molecular complexity index is 740. The molecule has 0 amide bonds. The normalized spacial score (nSPS) is 10.6. The standard InChI is InChI=1S/C15H12ClN3/c16-10-5-6-11-13(7-8-18-15(11)9-10)19-14-4-2-1-3-12(14)17/h1-9H,17H2,(H,18,19). The molecule has 94 valence electrons. The summed E-state index contributed by atoms with van der Waals surface area (Å²) in [5, 5.41) is 5.01. The van der Waals surface area contributed by atoms with E-state index in [4.69, 9.17) is 17.3 Å². The Morgan fingerprint density at radius 3 is 2.68 bits per heavy atom. The molecule has 3 aromatic rings. The summed E-state index contributed by atoms with van der Waals surface area (Å²) >= 11 is 5.98. The molecule has 0 bridgehead atoms. The van der Waals surface area contributed by atoms with Crippen LogP contribution in [0.4, 0.5) is 17.1 Å². The Morgan fingerprint density at radius 2 is 1.84 bits per heavy atom. The highest BCUT2D eigenvalue weighted by Gasteiger charge is 2.04. The van der Waals surface area contributed by atoms with Crippen LogP contribution in [0.15, 0.2) is 54.7 Å². The zero-order chi connectivity index (χ0) is 13.2. The fraction of sp³-hybridized carbons (Fsp3) is 0. The van der Waals surface area contributed by atoms with Crippen molar-refractivity contribution in [3.05, 3.63) is 59.8 Å². The van der Waals surface area contributed by atoms with Gasteiger partial charge in [-0.25, -0.2) is 0 Å². The molecule has 0 aliphatic heterocycles. The summed E-state index contributed by atoms with van der Waals surface area (Å²) in [6.45, 7) is 0. The molecule has 2 aromatic carbocycles. The van der Waals surface area contributed by atoms with E-state index >= 15 is 0 Å². The van der Waals surface area contributed by atoms with Crippen molar-refractivity contribution in [1.82, 2.24) is 4.98 Å². The SMILES string of the molecule is Nc1ccccc1Nc1ccnc2cc(Cl)ccc12. The second-order valence-corrected chi connectivity index (χ2v) is 4.67. The molecule has 0 aliphatic carbocycles. The van der Waals surface area contributed by atoms with Crippen molar-refractivity contribution >= 4 is 39.6 Å². The molecule has 3 N–H and O–H groups in total. The summed E-state index contributed by atoms with van der Waals surface area (Å²) in [6.07, 6.45) is 1.75. The number of nitrogens with two attached hydrogens (primary N) is 1. The summed E-state index contributed by atoms with van der Waals surface area (Å²) in [7, 11) is 0. The molecule has 0 spiro atoms. The topological polar surface area (TPSA) is 50.9 Å². The van der Waals surface area contributed by atoms with Gasteiger partial charge in [-0.2, -0.15) is 0 Å². The van der Waals surface area contributed by atoms with Crippen LogP contribution >= 0.6 is 11.6 Å². The molecule has 1 aromatic heterocycles. The van der Waals surface area contributed by atoms with Crippen LogP contribution in [-0.2, 0) is 0 Å². The lowest BCUT2D eigenvalue weighted by molar-refractivity contribution is 1.40. The van der Waals surface area contributed by atoms with Crippen molar-refractivity contribution in [3.63, 3.8) is 0 Å². The Hall–Kier alpha value is -2.26. The maximum Gasteiger partial charge on any atom is 0.0737 e. The molecular weight excluding hydrogens is 258 g/mol. The molecule has 0 saturated heterocycles. The number of nitrogens with zero attached hydrogens (tertiary/aromatic N) is 1. The van der Waals surface area contributed by atoms with Crippen molar-refractivity contribution in [3.8, 4) is 0 Å². The fourth-order valence-electron chi connectivity index (χ4n) is 1.99. The smallest absolute Gasteiger partial charge is 0.0737 e. The van der Waals surface area contributed by atoms with Crippen molar-refractivity contribution in [1.29, 1.82) is 0 Å². The average molecular weight is 270 g/mol. The van der Waals surface area contributed by atoms with Crippen LogP contribution < -0.4 is 11.1 Å². The first kappa shape index (κ1) is 11.8. The number of hydrogen-bond acceptors (Lipinski definition) is 3. The number of rotatable bonds is 2. The number of halogens is 1. The predicted molar refractivity (Wildman–Crippen MR) is 80.9 cm³/mol. The average Bonchev–Trinajstić information content (AvgIpc) is 2.41. The lowest BCUT2D eigenvalue weighted by Crippen LogP contribution is -1.96. The van der Waals surface area contributed by atoms with E-state index in [1.165, 1.54) is 0 Å². The molecule has 0 saturated carbocycles. The Kier molecular flexibility index (Phi) is 2.97. The molecule has 0 atom stereocenters.